The Hall–Kier alpha value is -0.580. The molecule has 1 aromatic heterocycles. The van der Waals surface area contributed by atoms with Crippen LogP contribution in [-0.4, -0.2) is 34.5 Å². The van der Waals surface area contributed by atoms with Crippen LogP contribution in [0.25, 0.3) is 0 Å². The number of carbonyl (C=O) groups excluding carboxylic acids is 1. The SMILES string of the molecule is O=C(c1ccc(Cl)cn1)C1CCOC2(CCSC2)C1. The van der Waals surface area contributed by atoms with E-state index in [9.17, 15) is 4.79 Å². The maximum absolute atomic E-state index is 12.5. The van der Waals surface area contributed by atoms with E-state index in [4.69, 9.17) is 16.3 Å². The molecule has 1 aromatic rings. The van der Waals surface area contributed by atoms with Crippen molar-refractivity contribution in [3.63, 3.8) is 0 Å². The minimum atomic E-state index is -0.0599. The predicted molar refractivity (Wildman–Crippen MR) is 76.9 cm³/mol. The maximum Gasteiger partial charge on any atom is 0.184 e. The van der Waals surface area contributed by atoms with Crippen molar-refractivity contribution in [3.8, 4) is 0 Å². The van der Waals surface area contributed by atoms with Gasteiger partial charge in [0.25, 0.3) is 0 Å². The Morgan fingerprint density at radius 3 is 3.11 bits per heavy atom. The second-order valence-corrected chi connectivity index (χ2v) is 6.79. The molecule has 19 heavy (non-hydrogen) atoms. The van der Waals surface area contributed by atoms with Gasteiger partial charge >= 0.3 is 0 Å². The molecule has 3 heterocycles. The summed E-state index contributed by atoms with van der Waals surface area (Å²) in [6.07, 6.45) is 4.24. The minimum absolute atomic E-state index is 0.0427. The summed E-state index contributed by atoms with van der Waals surface area (Å²) in [5.41, 5.74) is 0.465. The molecule has 3 rings (SSSR count). The molecule has 5 heteroatoms. The van der Waals surface area contributed by atoms with Gasteiger partial charge in [-0.1, -0.05) is 11.6 Å². The van der Waals surface area contributed by atoms with E-state index in [0.29, 0.717) is 17.3 Å². The number of hydrogen-bond acceptors (Lipinski definition) is 4. The van der Waals surface area contributed by atoms with Crippen LogP contribution in [0.3, 0.4) is 0 Å². The number of thioether (sulfide) groups is 1. The van der Waals surface area contributed by atoms with Crippen molar-refractivity contribution in [1.82, 2.24) is 4.98 Å². The molecule has 0 aromatic carbocycles. The summed E-state index contributed by atoms with van der Waals surface area (Å²) in [4.78, 5) is 16.6. The molecule has 0 amide bonds. The van der Waals surface area contributed by atoms with Crippen LogP contribution in [0.1, 0.15) is 29.8 Å². The van der Waals surface area contributed by atoms with Gasteiger partial charge in [-0.25, -0.2) is 0 Å². The average molecular weight is 298 g/mol. The van der Waals surface area contributed by atoms with Gasteiger partial charge in [-0.05, 0) is 37.1 Å². The summed E-state index contributed by atoms with van der Waals surface area (Å²) < 4.78 is 5.95. The molecule has 0 N–H and O–H groups in total. The molecule has 2 saturated heterocycles. The first-order valence-electron chi connectivity index (χ1n) is 6.56. The van der Waals surface area contributed by atoms with Gasteiger partial charge in [0.2, 0.25) is 0 Å². The Morgan fingerprint density at radius 1 is 1.53 bits per heavy atom. The zero-order valence-corrected chi connectivity index (χ0v) is 12.2. The second kappa shape index (κ2) is 5.43. The monoisotopic (exact) mass is 297 g/mol. The quantitative estimate of drug-likeness (QED) is 0.786. The zero-order chi connectivity index (χ0) is 13.3. The fraction of sp³-hybridized carbons (Fsp3) is 0.571. The fourth-order valence-corrected chi connectivity index (χ4v) is 4.34. The molecule has 102 valence electrons. The third kappa shape index (κ3) is 2.81. The normalized spacial score (nSPS) is 30.7. The summed E-state index contributed by atoms with van der Waals surface area (Å²) in [5, 5.41) is 0.562. The number of aromatic nitrogens is 1. The topological polar surface area (TPSA) is 39.2 Å². The van der Waals surface area contributed by atoms with Gasteiger partial charge in [0.1, 0.15) is 5.69 Å². The van der Waals surface area contributed by atoms with E-state index >= 15 is 0 Å². The Morgan fingerprint density at radius 2 is 2.42 bits per heavy atom. The summed E-state index contributed by atoms with van der Waals surface area (Å²) in [6, 6.07) is 3.44. The maximum atomic E-state index is 12.5. The van der Waals surface area contributed by atoms with Crippen LogP contribution < -0.4 is 0 Å². The lowest BCUT2D eigenvalue weighted by Gasteiger charge is -2.37. The molecular weight excluding hydrogens is 282 g/mol. The highest BCUT2D eigenvalue weighted by Gasteiger charge is 2.42. The first-order valence-corrected chi connectivity index (χ1v) is 8.09. The number of nitrogens with zero attached hydrogens (tertiary/aromatic N) is 1. The van der Waals surface area contributed by atoms with E-state index in [1.165, 1.54) is 6.20 Å². The highest BCUT2D eigenvalue weighted by atomic mass is 35.5. The summed E-state index contributed by atoms with van der Waals surface area (Å²) >= 11 is 7.73. The van der Waals surface area contributed by atoms with Gasteiger partial charge in [0.05, 0.1) is 10.6 Å². The smallest absolute Gasteiger partial charge is 0.184 e. The van der Waals surface area contributed by atoms with Crippen LogP contribution in [0.5, 0.6) is 0 Å². The first-order chi connectivity index (χ1) is 9.19. The first kappa shape index (κ1) is 13.4. The number of rotatable bonds is 2. The average Bonchev–Trinajstić information content (AvgIpc) is 2.87. The second-order valence-electron chi connectivity index (χ2n) is 5.25. The number of Topliss-reactive ketones (excluding diaryl/α,β-unsaturated/α-hetero) is 1. The molecule has 0 bridgehead atoms. The molecule has 2 aliphatic heterocycles. The molecule has 2 fully saturated rings. The van der Waals surface area contributed by atoms with Crippen molar-refractivity contribution in [2.75, 3.05) is 18.1 Å². The minimum Gasteiger partial charge on any atom is -0.374 e. The lowest BCUT2D eigenvalue weighted by Crippen LogP contribution is -2.42. The van der Waals surface area contributed by atoms with E-state index in [-0.39, 0.29) is 17.3 Å². The van der Waals surface area contributed by atoms with Gasteiger partial charge in [-0.3, -0.25) is 9.78 Å². The third-order valence-electron chi connectivity index (χ3n) is 3.91. The Balaban J connectivity index is 1.74. The molecule has 2 atom stereocenters. The number of halogens is 1. The Bertz CT molecular complexity index is 471. The predicted octanol–water partition coefficient (Wildman–Crippen LogP) is 3.22. The molecule has 3 nitrogen and oxygen atoms in total. The van der Waals surface area contributed by atoms with E-state index in [1.54, 1.807) is 12.1 Å². The zero-order valence-electron chi connectivity index (χ0n) is 10.6. The summed E-state index contributed by atoms with van der Waals surface area (Å²) in [7, 11) is 0. The number of carbonyl (C=O) groups is 1. The molecule has 1 spiro atoms. The number of pyridine rings is 1. The van der Waals surface area contributed by atoms with Crippen molar-refractivity contribution in [2.45, 2.75) is 24.9 Å². The molecule has 0 radical (unpaired) electrons. The lowest BCUT2D eigenvalue weighted by atomic mass is 9.82. The number of ketones is 1. The molecular formula is C14H16ClNO2S. The van der Waals surface area contributed by atoms with Gasteiger partial charge in [0.15, 0.2) is 5.78 Å². The van der Waals surface area contributed by atoms with Crippen molar-refractivity contribution in [3.05, 3.63) is 29.0 Å². The molecule has 0 saturated carbocycles. The van der Waals surface area contributed by atoms with Crippen LogP contribution in [0, 0.1) is 5.92 Å². The van der Waals surface area contributed by atoms with Gasteiger partial charge in [0, 0.05) is 24.5 Å². The lowest BCUT2D eigenvalue weighted by molar-refractivity contribution is -0.0735. The Kier molecular flexibility index (Phi) is 3.83. The van der Waals surface area contributed by atoms with Crippen LogP contribution in [0.2, 0.25) is 5.02 Å². The van der Waals surface area contributed by atoms with E-state index in [0.717, 1.165) is 30.8 Å². The number of hydrogen-bond donors (Lipinski definition) is 0. The van der Waals surface area contributed by atoms with E-state index in [2.05, 4.69) is 4.98 Å². The van der Waals surface area contributed by atoms with Gasteiger partial charge < -0.3 is 4.74 Å². The van der Waals surface area contributed by atoms with Gasteiger partial charge in [-0.15, -0.1) is 0 Å². The standard InChI is InChI=1S/C14H16ClNO2S/c15-11-1-2-12(16-8-11)13(17)10-3-5-18-14(7-10)4-6-19-9-14/h1-2,8,10H,3-7,9H2. The van der Waals surface area contributed by atoms with Crippen LogP contribution in [-0.2, 0) is 4.74 Å². The van der Waals surface area contributed by atoms with Gasteiger partial charge in [-0.2, -0.15) is 11.8 Å². The molecule has 0 aliphatic carbocycles. The van der Waals surface area contributed by atoms with Crippen LogP contribution in [0.15, 0.2) is 18.3 Å². The largest absolute Gasteiger partial charge is 0.374 e. The highest BCUT2D eigenvalue weighted by Crippen LogP contribution is 2.41. The van der Waals surface area contributed by atoms with Crippen LogP contribution >= 0.6 is 23.4 Å². The van der Waals surface area contributed by atoms with Crippen molar-refractivity contribution >= 4 is 29.1 Å². The summed E-state index contributed by atoms with van der Waals surface area (Å²) in [6.45, 7) is 0.685. The van der Waals surface area contributed by atoms with E-state index in [1.807, 2.05) is 11.8 Å². The van der Waals surface area contributed by atoms with E-state index < -0.39 is 0 Å². The van der Waals surface area contributed by atoms with Crippen molar-refractivity contribution in [2.24, 2.45) is 5.92 Å². The van der Waals surface area contributed by atoms with Crippen molar-refractivity contribution < 1.29 is 9.53 Å². The highest BCUT2D eigenvalue weighted by molar-refractivity contribution is 7.99. The fourth-order valence-electron chi connectivity index (χ4n) is 2.85. The van der Waals surface area contributed by atoms with Crippen LogP contribution in [0.4, 0.5) is 0 Å². The number of ether oxygens (including phenoxy) is 1. The van der Waals surface area contributed by atoms with Crippen molar-refractivity contribution in [1.29, 1.82) is 0 Å². The Labute approximate surface area is 122 Å². The third-order valence-corrected chi connectivity index (χ3v) is 5.36. The molecule has 2 aliphatic rings. The summed E-state index contributed by atoms with van der Waals surface area (Å²) in [5.74, 6) is 2.34. The molecule has 2 unspecified atom stereocenters.